The Bertz CT molecular complexity index is 1330. The molecule has 2 aliphatic rings. The molecule has 3 aromatic rings. The maximum atomic E-state index is 12.9. The van der Waals surface area contributed by atoms with Crippen molar-refractivity contribution in [2.75, 3.05) is 44.2 Å². The molecule has 0 N–H and O–H groups in total. The van der Waals surface area contributed by atoms with E-state index in [0.717, 1.165) is 63.4 Å². The third kappa shape index (κ3) is 5.83. The number of nitriles is 1. The van der Waals surface area contributed by atoms with E-state index < -0.39 is 0 Å². The molecule has 196 valence electrons. The van der Waals surface area contributed by atoms with Crippen LogP contribution in [0.25, 0.3) is 0 Å². The number of rotatable bonds is 6. The van der Waals surface area contributed by atoms with E-state index in [4.69, 9.17) is 23.2 Å². The highest BCUT2D eigenvalue weighted by Gasteiger charge is 2.31. The van der Waals surface area contributed by atoms with Crippen LogP contribution in [-0.4, -0.2) is 55.0 Å². The molecule has 2 atom stereocenters. The van der Waals surface area contributed by atoms with Gasteiger partial charge in [-0.05, 0) is 72.4 Å². The molecule has 0 radical (unpaired) electrons. The Hall–Kier alpha value is -3.04. The van der Waals surface area contributed by atoms with Gasteiger partial charge in [-0.25, -0.2) is 0 Å². The van der Waals surface area contributed by atoms with Crippen molar-refractivity contribution in [1.29, 1.82) is 5.26 Å². The van der Waals surface area contributed by atoms with Crippen LogP contribution >= 0.6 is 23.2 Å². The van der Waals surface area contributed by atoms with Gasteiger partial charge in [0.2, 0.25) is 0 Å². The largest absolute Gasteiger partial charge is 0.361 e. The molecule has 3 aromatic carbocycles. The van der Waals surface area contributed by atoms with Gasteiger partial charge < -0.3 is 9.80 Å². The second-order valence-corrected chi connectivity index (χ2v) is 11.2. The van der Waals surface area contributed by atoms with Crippen LogP contribution in [0.5, 0.6) is 0 Å². The number of carbonyl (C=O) groups excluding carboxylic acids is 1. The first-order chi connectivity index (χ1) is 18.4. The van der Waals surface area contributed by atoms with Crippen LogP contribution in [-0.2, 0) is 0 Å². The molecule has 2 aliphatic heterocycles. The number of halogens is 2. The smallest absolute Gasteiger partial charge is 0.253 e. The van der Waals surface area contributed by atoms with Crippen LogP contribution in [0.3, 0.4) is 0 Å². The summed E-state index contributed by atoms with van der Waals surface area (Å²) in [6.45, 7) is 7.36. The molecule has 2 saturated heterocycles. The summed E-state index contributed by atoms with van der Waals surface area (Å²) in [7, 11) is 0. The molecular weight excluding hydrogens is 515 g/mol. The molecule has 0 bridgehead atoms. The van der Waals surface area contributed by atoms with E-state index in [1.165, 1.54) is 11.1 Å². The SMILES string of the molecule is C[C@@H](CN1CCN(c2ccc(C#N)cc2Cl)[C@H](c2ccc(Cl)cc2)C1)c1cccc(C(=O)N2CCCC2)c1. The lowest BCUT2D eigenvalue weighted by Crippen LogP contribution is -2.49. The molecular formula is C31H32Cl2N4O. The highest BCUT2D eigenvalue weighted by Crippen LogP contribution is 2.36. The van der Waals surface area contributed by atoms with Gasteiger partial charge in [-0.2, -0.15) is 5.26 Å². The van der Waals surface area contributed by atoms with Gasteiger partial charge in [0.25, 0.3) is 5.91 Å². The van der Waals surface area contributed by atoms with Gasteiger partial charge in [-0.1, -0.05) is 54.4 Å². The van der Waals surface area contributed by atoms with Gasteiger partial charge >= 0.3 is 0 Å². The van der Waals surface area contributed by atoms with E-state index >= 15 is 0 Å². The summed E-state index contributed by atoms with van der Waals surface area (Å²) in [5.41, 5.74) is 4.64. The van der Waals surface area contributed by atoms with Crippen molar-refractivity contribution in [2.24, 2.45) is 0 Å². The van der Waals surface area contributed by atoms with E-state index in [2.05, 4.69) is 47.1 Å². The van der Waals surface area contributed by atoms with Gasteiger partial charge in [-0.15, -0.1) is 0 Å². The number of carbonyl (C=O) groups is 1. The standard InChI is InChI=1S/C31H32Cl2N4O/c1-22(25-5-4-6-26(18-25)31(38)36-13-2-3-14-36)20-35-15-16-37(29-12-7-23(19-34)17-28(29)33)30(21-35)24-8-10-27(32)11-9-24/h4-12,17-18,22,30H,2-3,13-16,20-21H2,1H3/t22-,30-/m0/s1. The lowest BCUT2D eigenvalue weighted by Gasteiger charge is -2.44. The average Bonchev–Trinajstić information content (AvgIpc) is 3.48. The second kappa shape index (κ2) is 11.8. The Morgan fingerprint density at radius 3 is 2.47 bits per heavy atom. The number of nitrogens with zero attached hydrogens (tertiary/aromatic N) is 4. The van der Waals surface area contributed by atoms with Crippen LogP contribution in [0, 0.1) is 11.3 Å². The third-order valence-electron chi connectivity index (χ3n) is 7.73. The Balaban J connectivity index is 1.34. The predicted octanol–water partition coefficient (Wildman–Crippen LogP) is 6.77. The first kappa shape index (κ1) is 26.6. The molecule has 0 saturated carbocycles. The van der Waals surface area contributed by atoms with Crippen LogP contribution in [0.1, 0.15) is 58.8 Å². The maximum Gasteiger partial charge on any atom is 0.253 e. The van der Waals surface area contributed by atoms with E-state index in [9.17, 15) is 10.1 Å². The number of anilines is 1. The van der Waals surface area contributed by atoms with Crippen molar-refractivity contribution >= 4 is 34.8 Å². The molecule has 0 aliphatic carbocycles. The van der Waals surface area contributed by atoms with E-state index in [-0.39, 0.29) is 17.9 Å². The number of amides is 1. The molecule has 0 unspecified atom stereocenters. The van der Waals surface area contributed by atoms with E-state index in [0.29, 0.717) is 15.6 Å². The fraction of sp³-hybridized carbons (Fsp3) is 0.355. The lowest BCUT2D eigenvalue weighted by atomic mass is 9.96. The minimum Gasteiger partial charge on any atom is -0.361 e. The Morgan fingerprint density at radius 1 is 1.00 bits per heavy atom. The molecule has 0 spiro atoms. The van der Waals surface area contributed by atoms with Gasteiger partial charge in [0.1, 0.15) is 0 Å². The highest BCUT2D eigenvalue weighted by molar-refractivity contribution is 6.33. The molecule has 1 amide bonds. The average molecular weight is 548 g/mol. The van der Waals surface area contributed by atoms with Gasteiger partial charge in [-0.3, -0.25) is 9.69 Å². The van der Waals surface area contributed by atoms with Gasteiger partial charge in [0.15, 0.2) is 0 Å². The first-order valence-corrected chi connectivity index (χ1v) is 14.0. The topological polar surface area (TPSA) is 50.6 Å². The van der Waals surface area contributed by atoms with E-state index in [1.54, 1.807) is 6.07 Å². The fourth-order valence-electron chi connectivity index (χ4n) is 5.65. The Labute approximate surface area is 235 Å². The summed E-state index contributed by atoms with van der Waals surface area (Å²) in [5.74, 6) is 0.421. The van der Waals surface area contributed by atoms with Crippen LogP contribution in [0.2, 0.25) is 10.0 Å². The molecule has 38 heavy (non-hydrogen) atoms. The quantitative estimate of drug-likeness (QED) is 0.342. The minimum absolute atomic E-state index is 0.0849. The summed E-state index contributed by atoms with van der Waals surface area (Å²) in [6, 6.07) is 23.9. The lowest BCUT2D eigenvalue weighted by molar-refractivity contribution is 0.0792. The zero-order valence-electron chi connectivity index (χ0n) is 21.6. The molecule has 2 fully saturated rings. The van der Waals surface area contributed by atoms with Crippen molar-refractivity contribution in [2.45, 2.75) is 31.7 Å². The van der Waals surface area contributed by atoms with Gasteiger partial charge in [0.05, 0.1) is 28.4 Å². The number of hydrogen-bond acceptors (Lipinski definition) is 4. The minimum atomic E-state index is 0.0849. The third-order valence-corrected chi connectivity index (χ3v) is 8.29. The fourth-order valence-corrected chi connectivity index (χ4v) is 6.06. The van der Waals surface area contributed by atoms with Crippen molar-refractivity contribution in [1.82, 2.24) is 9.80 Å². The highest BCUT2D eigenvalue weighted by atomic mass is 35.5. The number of piperazine rings is 1. The normalized spacial score (nSPS) is 18.8. The Kier molecular flexibility index (Phi) is 8.24. The second-order valence-electron chi connectivity index (χ2n) is 10.3. The van der Waals surface area contributed by atoms with Crippen LogP contribution in [0.15, 0.2) is 66.7 Å². The molecule has 0 aromatic heterocycles. The predicted molar refractivity (Wildman–Crippen MR) is 154 cm³/mol. The Morgan fingerprint density at radius 2 is 1.76 bits per heavy atom. The number of hydrogen-bond donors (Lipinski definition) is 0. The summed E-state index contributed by atoms with van der Waals surface area (Å²) in [5, 5.41) is 10.6. The van der Waals surface area contributed by atoms with E-state index in [1.807, 2.05) is 41.3 Å². The zero-order chi connectivity index (χ0) is 26.6. The maximum absolute atomic E-state index is 12.9. The molecule has 5 nitrogen and oxygen atoms in total. The van der Waals surface area contributed by atoms with Crippen LogP contribution < -0.4 is 4.90 Å². The van der Waals surface area contributed by atoms with Crippen molar-refractivity contribution in [3.05, 3.63) is 99.0 Å². The summed E-state index contributed by atoms with van der Waals surface area (Å²) < 4.78 is 0. The summed E-state index contributed by atoms with van der Waals surface area (Å²) in [4.78, 5) is 19.7. The molecule has 2 heterocycles. The molecule has 5 rings (SSSR count). The first-order valence-electron chi connectivity index (χ1n) is 13.3. The van der Waals surface area contributed by atoms with Crippen molar-refractivity contribution in [3.8, 4) is 6.07 Å². The summed E-state index contributed by atoms with van der Waals surface area (Å²) in [6.07, 6.45) is 2.19. The van der Waals surface area contributed by atoms with Crippen molar-refractivity contribution in [3.63, 3.8) is 0 Å². The van der Waals surface area contributed by atoms with Crippen molar-refractivity contribution < 1.29 is 4.79 Å². The van der Waals surface area contributed by atoms with Gasteiger partial charge in [0, 0.05) is 49.9 Å². The number of likely N-dealkylation sites (tertiary alicyclic amines) is 1. The van der Waals surface area contributed by atoms with Crippen LogP contribution in [0.4, 0.5) is 5.69 Å². The number of benzene rings is 3. The molecule has 7 heteroatoms. The summed E-state index contributed by atoms with van der Waals surface area (Å²) >= 11 is 12.9. The zero-order valence-corrected chi connectivity index (χ0v) is 23.1. The monoisotopic (exact) mass is 546 g/mol.